The molecule has 0 radical (unpaired) electrons. The molecule has 0 amide bonds. The average Bonchev–Trinajstić information content (AvgIpc) is 3.58. The van der Waals surface area contributed by atoms with Gasteiger partial charge < -0.3 is 9.32 Å². The Kier molecular flexibility index (Phi) is 7.14. The highest BCUT2D eigenvalue weighted by Crippen LogP contribution is 2.44. The maximum absolute atomic E-state index is 6.75. The van der Waals surface area contributed by atoms with Crippen LogP contribution in [0.25, 0.3) is 77.1 Å². The van der Waals surface area contributed by atoms with Gasteiger partial charge >= 0.3 is 0 Å². The zero-order valence-electron chi connectivity index (χ0n) is 28.3. The molecule has 2 aromatic heterocycles. The van der Waals surface area contributed by atoms with Crippen molar-refractivity contribution in [2.24, 2.45) is 0 Å². The molecule has 0 aliphatic carbocycles. The maximum atomic E-state index is 6.75. The molecule has 0 saturated carbocycles. The number of hydrogen-bond donors (Lipinski definition) is 0. The number of fused-ring (bicyclic) bond motifs is 5. The first kappa shape index (κ1) is 29.9. The number of para-hydroxylation sites is 2. The Morgan fingerprint density at radius 3 is 1.81 bits per heavy atom. The van der Waals surface area contributed by atoms with Gasteiger partial charge in [0.15, 0.2) is 11.2 Å². The molecule has 0 bridgehead atoms. The summed E-state index contributed by atoms with van der Waals surface area (Å²) in [7, 11) is 0. The third kappa shape index (κ3) is 5.19. The normalized spacial score (nSPS) is 11.5. The molecule has 0 aliphatic heterocycles. The fourth-order valence-corrected chi connectivity index (χ4v) is 7.50. The highest BCUT2D eigenvalue weighted by Gasteiger charge is 2.21. The van der Waals surface area contributed by atoms with E-state index in [4.69, 9.17) is 9.40 Å². The average molecular weight is 665 g/mol. The zero-order chi connectivity index (χ0) is 34.4. The highest BCUT2D eigenvalue weighted by molar-refractivity contribution is 6.11. The van der Waals surface area contributed by atoms with Crippen LogP contribution < -0.4 is 4.90 Å². The lowest BCUT2D eigenvalue weighted by Gasteiger charge is -2.26. The smallest absolute Gasteiger partial charge is 0.161 e. The minimum Gasteiger partial charge on any atom is -0.452 e. The van der Waals surface area contributed by atoms with Crippen LogP contribution in [0.1, 0.15) is 0 Å². The Bertz CT molecular complexity index is 2900. The van der Waals surface area contributed by atoms with Crippen molar-refractivity contribution in [1.29, 1.82) is 0 Å². The van der Waals surface area contributed by atoms with Crippen LogP contribution in [0, 0.1) is 0 Å². The van der Waals surface area contributed by atoms with Crippen LogP contribution in [-0.2, 0) is 0 Å². The Morgan fingerprint density at radius 1 is 0.404 bits per heavy atom. The van der Waals surface area contributed by atoms with Crippen LogP contribution in [0.15, 0.2) is 199 Å². The molecule has 0 aliphatic rings. The van der Waals surface area contributed by atoms with Gasteiger partial charge in [-0.25, -0.2) is 4.98 Å². The van der Waals surface area contributed by atoms with E-state index in [2.05, 4.69) is 187 Å². The molecular weight excluding hydrogens is 633 g/mol. The molecule has 52 heavy (non-hydrogen) atoms. The number of benzene rings is 8. The molecule has 3 heteroatoms. The van der Waals surface area contributed by atoms with Crippen molar-refractivity contribution >= 4 is 60.8 Å². The second-order valence-corrected chi connectivity index (χ2v) is 13.2. The number of pyridine rings is 1. The van der Waals surface area contributed by atoms with Crippen molar-refractivity contribution in [3.63, 3.8) is 0 Å². The van der Waals surface area contributed by atoms with Gasteiger partial charge in [-0.3, -0.25) is 0 Å². The van der Waals surface area contributed by atoms with E-state index in [1.165, 1.54) is 27.5 Å². The third-order valence-corrected chi connectivity index (χ3v) is 10.0. The minimum atomic E-state index is 0.776. The molecule has 0 atom stereocenters. The number of nitrogens with zero attached hydrogens (tertiary/aromatic N) is 2. The summed E-state index contributed by atoms with van der Waals surface area (Å²) in [5.74, 6) is 0. The van der Waals surface area contributed by atoms with Crippen LogP contribution in [-0.4, -0.2) is 4.98 Å². The fraction of sp³-hybridized carbons (Fsp3) is 0. The molecule has 244 valence electrons. The maximum Gasteiger partial charge on any atom is 0.161 e. The van der Waals surface area contributed by atoms with E-state index in [9.17, 15) is 0 Å². The van der Waals surface area contributed by atoms with Gasteiger partial charge in [0.2, 0.25) is 0 Å². The van der Waals surface area contributed by atoms with E-state index >= 15 is 0 Å². The molecule has 3 nitrogen and oxygen atoms in total. The summed E-state index contributed by atoms with van der Waals surface area (Å²) >= 11 is 0. The molecule has 10 aromatic rings. The van der Waals surface area contributed by atoms with Crippen LogP contribution in [0.2, 0.25) is 0 Å². The molecule has 0 saturated heterocycles. The van der Waals surface area contributed by atoms with Gasteiger partial charge in [-0.05, 0) is 92.7 Å². The number of aromatic nitrogens is 1. The second-order valence-electron chi connectivity index (χ2n) is 13.2. The second kappa shape index (κ2) is 12.4. The van der Waals surface area contributed by atoms with Gasteiger partial charge in [-0.2, -0.15) is 0 Å². The molecule has 0 N–H and O–H groups in total. The zero-order valence-corrected chi connectivity index (χ0v) is 28.3. The monoisotopic (exact) mass is 664 g/mol. The van der Waals surface area contributed by atoms with E-state index in [1.807, 2.05) is 12.1 Å². The number of furan rings is 1. The lowest BCUT2D eigenvalue weighted by molar-refractivity contribution is 0.669. The number of rotatable bonds is 6. The first-order valence-electron chi connectivity index (χ1n) is 17.6. The Balaban J connectivity index is 1.16. The van der Waals surface area contributed by atoms with Crippen LogP contribution in [0.5, 0.6) is 0 Å². The Hall–Kier alpha value is -6.97. The first-order chi connectivity index (χ1) is 25.8. The SMILES string of the molecule is c1ccc(-c2ccc(-c3cccc(N(c4cccc(-c5cccc6ccccc56)c4)c4cccc5c4oc4cc6ccccc6nc45)c3)cc2)cc1. The molecule has 10 rings (SSSR count). The summed E-state index contributed by atoms with van der Waals surface area (Å²) < 4.78 is 6.75. The van der Waals surface area contributed by atoms with Gasteiger partial charge in [0.1, 0.15) is 5.52 Å². The highest BCUT2D eigenvalue weighted by atomic mass is 16.3. The van der Waals surface area contributed by atoms with Crippen LogP contribution >= 0.6 is 0 Å². The van der Waals surface area contributed by atoms with E-state index in [0.29, 0.717) is 0 Å². The molecule has 0 spiro atoms. The van der Waals surface area contributed by atoms with Gasteiger partial charge in [0.25, 0.3) is 0 Å². The summed E-state index contributed by atoms with van der Waals surface area (Å²) in [5.41, 5.74) is 13.5. The van der Waals surface area contributed by atoms with E-state index < -0.39 is 0 Å². The summed E-state index contributed by atoms with van der Waals surface area (Å²) in [6, 6.07) is 68.7. The lowest BCUT2D eigenvalue weighted by Crippen LogP contribution is -2.10. The van der Waals surface area contributed by atoms with E-state index in [1.54, 1.807) is 0 Å². The van der Waals surface area contributed by atoms with E-state index in [0.717, 1.165) is 66.7 Å². The van der Waals surface area contributed by atoms with Gasteiger partial charge in [0.05, 0.1) is 11.2 Å². The Labute approximate surface area is 301 Å². The molecule has 0 unspecified atom stereocenters. The van der Waals surface area contributed by atoms with Crippen molar-refractivity contribution in [2.45, 2.75) is 0 Å². The standard InChI is InChI=1S/C49H32N2O/c1-2-12-33(13-3-1)34-26-28-35(29-27-34)37-17-8-19-40(30-37)51(41-20-9-18-38(31-41)43-22-10-16-36-14-4-6-21-42(36)43)46-25-11-23-44-48-47(52-49(44)46)32-39-15-5-7-24-45(39)50-48/h1-32H. The van der Waals surface area contributed by atoms with Crippen molar-refractivity contribution < 1.29 is 4.42 Å². The van der Waals surface area contributed by atoms with Gasteiger partial charge in [-0.1, -0.05) is 146 Å². The molecule has 8 aromatic carbocycles. The van der Waals surface area contributed by atoms with Crippen LogP contribution in [0.3, 0.4) is 0 Å². The lowest BCUT2D eigenvalue weighted by atomic mass is 9.97. The number of hydrogen-bond acceptors (Lipinski definition) is 3. The summed E-state index contributed by atoms with van der Waals surface area (Å²) in [5, 5.41) is 4.50. The van der Waals surface area contributed by atoms with Crippen LogP contribution in [0.4, 0.5) is 17.1 Å². The fourth-order valence-electron chi connectivity index (χ4n) is 7.50. The minimum absolute atomic E-state index is 0.776. The quantitative estimate of drug-likeness (QED) is 0.177. The van der Waals surface area contributed by atoms with Crippen molar-refractivity contribution in [3.05, 3.63) is 194 Å². The summed E-state index contributed by atoms with van der Waals surface area (Å²) in [6.45, 7) is 0. The molecule has 2 heterocycles. The van der Waals surface area contributed by atoms with Gasteiger partial charge in [0, 0.05) is 22.1 Å². The predicted octanol–water partition coefficient (Wildman–Crippen LogP) is 13.8. The molecular formula is C49H32N2O. The van der Waals surface area contributed by atoms with Crippen molar-refractivity contribution in [1.82, 2.24) is 4.98 Å². The molecule has 0 fully saturated rings. The van der Waals surface area contributed by atoms with Gasteiger partial charge in [-0.15, -0.1) is 0 Å². The first-order valence-corrected chi connectivity index (χ1v) is 17.6. The van der Waals surface area contributed by atoms with Crippen molar-refractivity contribution in [3.8, 4) is 33.4 Å². The summed E-state index contributed by atoms with van der Waals surface area (Å²) in [6.07, 6.45) is 0. The predicted molar refractivity (Wildman–Crippen MR) is 218 cm³/mol. The number of anilines is 3. The largest absolute Gasteiger partial charge is 0.452 e. The topological polar surface area (TPSA) is 29.3 Å². The third-order valence-electron chi connectivity index (χ3n) is 10.0. The summed E-state index contributed by atoms with van der Waals surface area (Å²) in [4.78, 5) is 7.39. The van der Waals surface area contributed by atoms with E-state index in [-0.39, 0.29) is 0 Å². The van der Waals surface area contributed by atoms with Crippen molar-refractivity contribution in [2.75, 3.05) is 4.90 Å². The Morgan fingerprint density at radius 2 is 0.981 bits per heavy atom.